The van der Waals surface area contributed by atoms with Gasteiger partial charge in [-0.05, 0) is 12.1 Å². The topological polar surface area (TPSA) is 120 Å². The lowest BCUT2D eigenvalue weighted by atomic mass is 10.1. The number of methoxy groups -OCH3 is 1. The van der Waals surface area contributed by atoms with Crippen LogP contribution in [0.5, 0.6) is 0 Å². The second-order valence-corrected chi connectivity index (χ2v) is 4.03. The Balaban J connectivity index is 2.47. The van der Waals surface area contributed by atoms with E-state index in [1.807, 2.05) is 0 Å². The fraction of sp³-hybridized carbons (Fsp3) is 0.417. The molecule has 0 aromatic heterocycles. The minimum Gasteiger partial charge on any atom is -0.393 e. The molecule has 0 aliphatic heterocycles. The third-order valence-electron chi connectivity index (χ3n) is 2.56. The molecule has 1 amide bonds. The molecule has 0 bridgehead atoms. The molecule has 0 unspecified atom stereocenters. The maximum absolute atomic E-state index is 11.8. The van der Waals surface area contributed by atoms with Crippen molar-refractivity contribution in [3.8, 4) is 0 Å². The number of carbonyl (C=O) groups is 1. The summed E-state index contributed by atoms with van der Waals surface area (Å²) < 4.78 is 4.86. The van der Waals surface area contributed by atoms with Crippen LogP contribution in [-0.4, -0.2) is 44.2 Å². The summed E-state index contributed by atoms with van der Waals surface area (Å²) in [4.78, 5) is 21.9. The van der Waals surface area contributed by atoms with E-state index in [1.165, 1.54) is 18.2 Å². The highest BCUT2D eigenvalue weighted by atomic mass is 16.6. The highest BCUT2D eigenvalue weighted by Gasteiger charge is 2.15. The highest BCUT2D eigenvalue weighted by molar-refractivity contribution is 5.95. The molecule has 1 aromatic carbocycles. The predicted octanol–water partition coefficient (Wildman–Crippen LogP) is 0.143. The zero-order chi connectivity index (χ0) is 15.0. The van der Waals surface area contributed by atoms with Crippen LogP contribution >= 0.6 is 0 Å². The molecule has 0 fully saturated rings. The smallest absolute Gasteiger partial charge is 0.292 e. The first kappa shape index (κ1) is 15.9. The quantitative estimate of drug-likeness (QED) is 0.270. The molecule has 0 radical (unpaired) electrons. The van der Waals surface area contributed by atoms with E-state index in [-0.39, 0.29) is 22.8 Å². The molecular formula is C12H18N4O4. The van der Waals surface area contributed by atoms with E-state index in [1.54, 1.807) is 7.11 Å². The van der Waals surface area contributed by atoms with Crippen LogP contribution in [0.4, 0.5) is 11.4 Å². The SMILES string of the molecule is COCCNCCNC(=O)c1ccc(N)c([N+](=O)[O-])c1. The van der Waals surface area contributed by atoms with Gasteiger partial charge in [0.1, 0.15) is 5.69 Å². The number of hydrogen-bond acceptors (Lipinski definition) is 6. The van der Waals surface area contributed by atoms with E-state index < -0.39 is 4.92 Å². The number of nitrogens with one attached hydrogen (secondary N) is 2. The molecule has 1 aromatic rings. The number of ether oxygens (including phenoxy) is 1. The standard InChI is InChI=1S/C12H18N4O4/c1-20-7-6-14-4-5-15-12(17)9-2-3-10(13)11(8-9)16(18)19/h2-3,8,14H,4-7,13H2,1H3,(H,15,17). The summed E-state index contributed by atoms with van der Waals surface area (Å²) in [5, 5.41) is 16.4. The number of rotatable bonds is 8. The molecule has 4 N–H and O–H groups in total. The van der Waals surface area contributed by atoms with Crippen molar-refractivity contribution in [2.75, 3.05) is 39.1 Å². The van der Waals surface area contributed by atoms with Crippen molar-refractivity contribution < 1.29 is 14.5 Å². The molecule has 0 atom stereocenters. The van der Waals surface area contributed by atoms with Crippen molar-refractivity contribution in [3.05, 3.63) is 33.9 Å². The number of carbonyl (C=O) groups excluding carboxylic acids is 1. The normalized spacial score (nSPS) is 10.2. The monoisotopic (exact) mass is 282 g/mol. The summed E-state index contributed by atoms with van der Waals surface area (Å²) in [7, 11) is 1.61. The summed E-state index contributed by atoms with van der Waals surface area (Å²) in [6, 6.07) is 3.98. The highest BCUT2D eigenvalue weighted by Crippen LogP contribution is 2.22. The van der Waals surface area contributed by atoms with E-state index in [0.717, 1.165) is 0 Å². The fourth-order valence-electron chi connectivity index (χ4n) is 1.51. The van der Waals surface area contributed by atoms with Gasteiger partial charge in [-0.3, -0.25) is 14.9 Å². The van der Waals surface area contributed by atoms with Gasteiger partial charge in [0.2, 0.25) is 0 Å². The molecule has 0 heterocycles. The van der Waals surface area contributed by atoms with E-state index in [0.29, 0.717) is 26.2 Å². The van der Waals surface area contributed by atoms with Crippen LogP contribution in [0, 0.1) is 10.1 Å². The van der Waals surface area contributed by atoms with Crippen molar-refractivity contribution in [2.45, 2.75) is 0 Å². The van der Waals surface area contributed by atoms with Crippen molar-refractivity contribution in [1.29, 1.82) is 0 Å². The van der Waals surface area contributed by atoms with Crippen LogP contribution in [0.3, 0.4) is 0 Å². The Labute approximate surface area is 116 Å². The first-order valence-corrected chi connectivity index (χ1v) is 6.08. The van der Waals surface area contributed by atoms with Gasteiger partial charge in [-0.15, -0.1) is 0 Å². The molecule has 20 heavy (non-hydrogen) atoms. The lowest BCUT2D eigenvalue weighted by Gasteiger charge is -2.07. The second kappa shape index (κ2) is 8.08. The Hall–Kier alpha value is -2.19. The van der Waals surface area contributed by atoms with Crippen LogP contribution < -0.4 is 16.4 Å². The number of nitro groups is 1. The Morgan fingerprint density at radius 1 is 1.40 bits per heavy atom. The van der Waals surface area contributed by atoms with E-state index in [4.69, 9.17) is 10.5 Å². The Bertz CT molecular complexity index is 479. The van der Waals surface area contributed by atoms with Crippen LogP contribution in [0.15, 0.2) is 18.2 Å². The van der Waals surface area contributed by atoms with Crippen LogP contribution in [-0.2, 0) is 4.74 Å². The van der Waals surface area contributed by atoms with E-state index in [9.17, 15) is 14.9 Å². The van der Waals surface area contributed by atoms with Gasteiger partial charge in [-0.1, -0.05) is 0 Å². The maximum Gasteiger partial charge on any atom is 0.292 e. The summed E-state index contributed by atoms with van der Waals surface area (Å²) in [6.07, 6.45) is 0. The predicted molar refractivity (Wildman–Crippen MR) is 74.6 cm³/mol. The average Bonchev–Trinajstić information content (AvgIpc) is 2.42. The first-order chi connectivity index (χ1) is 9.56. The molecule has 110 valence electrons. The number of amides is 1. The zero-order valence-electron chi connectivity index (χ0n) is 11.2. The molecule has 0 saturated carbocycles. The van der Waals surface area contributed by atoms with E-state index >= 15 is 0 Å². The average molecular weight is 282 g/mol. The van der Waals surface area contributed by atoms with Crippen molar-refractivity contribution >= 4 is 17.3 Å². The molecule has 0 aliphatic carbocycles. The number of nitrogens with zero attached hydrogens (tertiary/aromatic N) is 1. The van der Waals surface area contributed by atoms with Gasteiger partial charge in [0, 0.05) is 38.4 Å². The minimum atomic E-state index is -0.613. The van der Waals surface area contributed by atoms with Crippen LogP contribution in [0.2, 0.25) is 0 Å². The first-order valence-electron chi connectivity index (χ1n) is 6.08. The third kappa shape index (κ3) is 4.82. The van der Waals surface area contributed by atoms with Gasteiger partial charge in [-0.2, -0.15) is 0 Å². The van der Waals surface area contributed by atoms with Gasteiger partial charge in [-0.25, -0.2) is 0 Å². The van der Waals surface area contributed by atoms with Gasteiger partial charge in [0.05, 0.1) is 11.5 Å². The van der Waals surface area contributed by atoms with Crippen molar-refractivity contribution in [1.82, 2.24) is 10.6 Å². The lowest BCUT2D eigenvalue weighted by Crippen LogP contribution is -2.33. The summed E-state index contributed by atoms with van der Waals surface area (Å²) >= 11 is 0. The number of nitro benzene ring substituents is 1. The van der Waals surface area contributed by atoms with Gasteiger partial charge in [0.15, 0.2) is 0 Å². The van der Waals surface area contributed by atoms with E-state index in [2.05, 4.69) is 10.6 Å². The van der Waals surface area contributed by atoms with Gasteiger partial charge in [0.25, 0.3) is 11.6 Å². The summed E-state index contributed by atoms with van der Waals surface area (Å²) in [5.74, 6) is -0.373. The summed E-state index contributed by atoms with van der Waals surface area (Å²) in [6.45, 7) is 2.30. The third-order valence-corrected chi connectivity index (χ3v) is 2.56. The fourth-order valence-corrected chi connectivity index (χ4v) is 1.51. The van der Waals surface area contributed by atoms with Crippen molar-refractivity contribution in [3.63, 3.8) is 0 Å². The Kier molecular flexibility index (Phi) is 6.41. The molecule has 0 saturated heterocycles. The number of anilines is 1. The Morgan fingerprint density at radius 3 is 2.80 bits per heavy atom. The molecule has 8 heteroatoms. The molecule has 1 rings (SSSR count). The number of benzene rings is 1. The zero-order valence-corrected chi connectivity index (χ0v) is 11.2. The maximum atomic E-state index is 11.8. The van der Waals surface area contributed by atoms with Crippen LogP contribution in [0.25, 0.3) is 0 Å². The molecule has 0 aliphatic rings. The summed E-state index contributed by atoms with van der Waals surface area (Å²) in [5.41, 5.74) is 5.44. The molecule has 0 spiro atoms. The van der Waals surface area contributed by atoms with Gasteiger partial charge >= 0.3 is 0 Å². The number of nitrogens with two attached hydrogens (primary N) is 1. The molecular weight excluding hydrogens is 264 g/mol. The Morgan fingerprint density at radius 2 is 2.15 bits per heavy atom. The van der Waals surface area contributed by atoms with Gasteiger partial charge < -0.3 is 21.1 Å². The lowest BCUT2D eigenvalue weighted by molar-refractivity contribution is -0.383. The second-order valence-electron chi connectivity index (χ2n) is 4.03. The largest absolute Gasteiger partial charge is 0.393 e. The minimum absolute atomic E-state index is 0.0350. The van der Waals surface area contributed by atoms with Crippen molar-refractivity contribution in [2.24, 2.45) is 0 Å². The van der Waals surface area contributed by atoms with Crippen LogP contribution in [0.1, 0.15) is 10.4 Å². The number of hydrogen-bond donors (Lipinski definition) is 3. The number of nitrogen functional groups attached to an aromatic ring is 1. The molecule has 8 nitrogen and oxygen atoms in total.